The van der Waals surface area contributed by atoms with E-state index in [4.69, 9.17) is 51.1 Å². The number of ether oxygens (including phenoxy) is 1. The Morgan fingerprint density at radius 1 is 1.38 bits per heavy atom. The van der Waals surface area contributed by atoms with E-state index in [1.807, 2.05) is 0 Å². The average Bonchev–Trinajstić information content (AvgIpc) is 2.17. The molecule has 0 N–H and O–H groups in total. The third-order valence-electron chi connectivity index (χ3n) is 1.26. The first-order valence-corrected chi connectivity index (χ1v) is 5.46. The van der Waals surface area contributed by atoms with E-state index in [9.17, 15) is 10.1 Å². The number of hydrogen-bond acceptors (Lipinski definition) is 3. The van der Waals surface area contributed by atoms with E-state index in [0.717, 1.165) is 0 Å². The standard InChI is InChI=1S/C8H7Cl4NO3/c1-2-16-4-3-5(9)7(13(14)15)6(10)8(11)12/h3-4H,2H2,1H3. The zero-order valence-corrected chi connectivity index (χ0v) is 11.1. The van der Waals surface area contributed by atoms with Gasteiger partial charge in [-0.15, -0.1) is 0 Å². The number of rotatable bonds is 5. The van der Waals surface area contributed by atoms with Gasteiger partial charge in [-0.2, -0.15) is 0 Å². The van der Waals surface area contributed by atoms with Gasteiger partial charge in [0.25, 0.3) is 0 Å². The van der Waals surface area contributed by atoms with Crippen molar-refractivity contribution in [2.75, 3.05) is 6.61 Å². The van der Waals surface area contributed by atoms with Crippen LogP contribution in [0.5, 0.6) is 0 Å². The molecular weight excluding hydrogens is 300 g/mol. The molecule has 0 atom stereocenters. The van der Waals surface area contributed by atoms with E-state index in [1.165, 1.54) is 12.3 Å². The van der Waals surface area contributed by atoms with Crippen LogP contribution in [0.3, 0.4) is 0 Å². The van der Waals surface area contributed by atoms with Gasteiger partial charge in [0.2, 0.25) is 0 Å². The smallest absolute Gasteiger partial charge is 0.308 e. The summed E-state index contributed by atoms with van der Waals surface area (Å²) in [5.74, 6) is 0. The van der Waals surface area contributed by atoms with Crippen LogP contribution in [0, 0.1) is 10.1 Å². The minimum atomic E-state index is -0.786. The SMILES string of the molecule is CCOC=CC(Cl)=C(C(Cl)=C(Cl)Cl)[N+](=O)[O-]. The topological polar surface area (TPSA) is 52.4 Å². The molecule has 90 valence electrons. The van der Waals surface area contributed by atoms with E-state index < -0.39 is 20.1 Å². The molecular formula is C8H7Cl4NO3. The lowest BCUT2D eigenvalue weighted by atomic mass is 10.4. The molecule has 0 unspecified atom stereocenters. The molecule has 0 aliphatic rings. The Balaban J connectivity index is 5.26. The minimum Gasteiger partial charge on any atom is -0.501 e. The molecule has 16 heavy (non-hydrogen) atoms. The van der Waals surface area contributed by atoms with E-state index >= 15 is 0 Å². The summed E-state index contributed by atoms with van der Waals surface area (Å²) in [6.07, 6.45) is 2.39. The number of allylic oxidation sites excluding steroid dienone is 3. The lowest BCUT2D eigenvalue weighted by Crippen LogP contribution is -2.01. The number of hydrogen-bond donors (Lipinski definition) is 0. The molecule has 0 aromatic rings. The lowest BCUT2D eigenvalue weighted by molar-refractivity contribution is -0.420. The highest BCUT2D eigenvalue weighted by atomic mass is 35.5. The van der Waals surface area contributed by atoms with Gasteiger partial charge < -0.3 is 4.74 Å². The third-order valence-corrected chi connectivity index (χ3v) is 2.50. The first-order chi connectivity index (χ1) is 7.41. The Morgan fingerprint density at radius 2 is 1.94 bits per heavy atom. The van der Waals surface area contributed by atoms with Crippen LogP contribution < -0.4 is 0 Å². The molecule has 0 saturated carbocycles. The van der Waals surface area contributed by atoms with Crippen LogP contribution in [0.4, 0.5) is 0 Å². The van der Waals surface area contributed by atoms with Gasteiger partial charge in [0.1, 0.15) is 14.6 Å². The molecule has 8 heteroatoms. The molecule has 0 rings (SSSR count). The van der Waals surface area contributed by atoms with Gasteiger partial charge in [-0.05, 0) is 13.0 Å². The van der Waals surface area contributed by atoms with Gasteiger partial charge >= 0.3 is 5.70 Å². The van der Waals surface area contributed by atoms with Crippen molar-refractivity contribution in [3.63, 3.8) is 0 Å². The summed E-state index contributed by atoms with van der Waals surface area (Å²) in [6.45, 7) is 2.16. The Kier molecular flexibility index (Phi) is 7.58. The molecule has 0 bridgehead atoms. The fourth-order valence-electron chi connectivity index (χ4n) is 0.645. The molecule has 0 heterocycles. The fraction of sp³-hybridized carbons (Fsp3) is 0.250. The normalized spacial score (nSPS) is 12.3. The molecule has 4 nitrogen and oxygen atoms in total. The van der Waals surface area contributed by atoms with Gasteiger partial charge in [0.05, 0.1) is 17.8 Å². The fourth-order valence-corrected chi connectivity index (χ4v) is 1.26. The minimum absolute atomic E-state index is 0.234. The maximum absolute atomic E-state index is 10.7. The Labute approximate surface area is 112 Å². The molecule has 0 aromatic heterocycles. The summed E-state index contributed by atoms with van der Waals surface area (Å²) in [4.78, 5) is 9.89. The summed E-state index contributed by atoms with van der Waals surface area (Å²) in [7, 11) is 0. The van der Waals surface area contributed by atoms with Crippen molar-refractivity contribution in [3.05, 3.63) is 42.7 Å². The second kappa shape index (κ2) is 7.79. The van der Waals surface area contributed by atoms with Crippen LogP contribution in [0.15, 0.2) is 32.6 Å². The van der Waals surface area contributed by atoms with Crippen molar-refractivity contribution >= 4 is 46.4 Å². The van der Waals surface area contributed by atoms with Crippen LogP contribution in [0.1, 0.15) is 6.92 Å². The highest BCUT2D eigenvalue weighted by molar-refractivity contribution is 6.60. The van der Waals surface area contributed by atoms with Gasteiger partial charge in [-0.25, -0.2) is 0 Å². The monoisotopic (exact) mass is 305 g/mol. The Hall–Kier alpha value is -0.420. The second-order valence-corrected chi connectivity index (χ2v) is 4.02. The first kappa shape index (κ1) is 15.6. The largest absolute Gasteiger partial charge is 0.501 e. The maximum Gasteiger partial charge on any atom is 0.308 e. The van der Waals surface area contributed by atoms with Gasteiger partial charge in [-0.3, -0.25) is 10.1 Å². The van der Waals surface area contributed by atoms with Gasteiger partial charge in [0, 0.05) is 0 Å². The zero-order chi connectivity index (χ0) is 12.7. The van der Waals surface area contributed by atoms with Crippen molar-refractivity contribution in [1.82, 2.24) is 0 Å². The van der Waals surface area contributed by atoms with Crippen molar-refractivity contribution < 1.29 is 9.66 Å². The predicted molar refractivity (Wildman–Crippen MR) is 65.2 cm³/mol. The van der Waals surface area contributed by atoms with E-state index in [-0.39, 0.29) is 5.03 Å². The van der Waals surface area contributed by atoms with Crippen LogP contribution in [-0.2, 0) is 4.74 Å². The third kappa shape index (κ3) is 5.07. The molecule has 0 aliphatic heterocycles. The van der Waals surface area contributed by atoms with E-state index in [1.54, 1.807) is 6.92 Å². The van der Waals surface area contributed by atoms with E-state index in [0.29, 0.717) is 6.61 Å². The summed E-state index contributed by atoms with van der Waals surface area (Å²) in [5.41, 5.74) is -0.584. The van der Waals surface area contributed by atoms with Crippen molar-refractivity contribution in [1.29, 1.82) is 0 Å². The second-order valence-electron chi connectivity index (χ2n) is 2.29. The quantitative estimate of drug-likeness (QED) is 0.332. The van der Waals surface area contributed by atoms with Crippen LogP contribution in [-0.4, -0.2) is 11.5 Å². The molecule has 0 spiro atoms. The highest BCUT2D eigenvalue weighted by Gasteiger charge is 2.22. The van der Waals surface area contributed by atoms with Crippen molar-refractivity contribution in [3.8, 4) is 0 Å². The molecule has 0 saturated heterocycles. The van der Waals surface area contributed by atoms with Crippen molar-refractivity contribution in [2.24, 2.45) is 0 Å². The summed E-state index contributed by atoms with van der Waals surface area (Å²) in [6, 6.07) is 0. The predicted octanol–water partition coefficient (Wildman–Crippen LogP) is 4.15. The molecule has 0 aliphatic carbocycles. The highest BCUT2D eigenvalue weighted by Crippen LogP contribution is 2.29. The Morgan fingerprint density at radius 3 is 2.31 bits per heavy atom. The molecule has 0 fully saturated rings. The number of nitro groups is 1. The zero-order valence-electron chi connectivity index (χ0n) is 8.05. The van der Waals surface area contributed by atoms with Crippen LogP contribution >= 0.6 is 46.4 Å². The maximum atomic E-state index is 10.7. The average molecular weight is 307 g/mol. The lowest BCUT2D eigenvalue weighted by Gasteiger charge is -1.98. The summed E-state index contributed by atoms with van der Waals surface area (Å²) in [5, 5.41) is 10.0. The van der Waals surface area contributed by atoms with E-state index in [2.05, 4.69) is 0 Å². The summed E-state index contributed by atoms with van der Waals surface area (Å²) < 4.78 is 4.39. The molecule has 0 radical (unpaired) electrons. The molecule has 0 aromatic carbocycles. The summed E-state index contributed by atoms with van der Waals surface area (Å²) >= 11 is 21.9. The van der Waals surface area contributed by atoms with Crippen LogP contribution in [0.25, 0.3) is 0 Å². The van der Waals surface area contributed by atoms with Crippen LogP contribution in [0.2, 0.25) is 0 Å². The first-order valence-electron chi connectivity index (χ1n) is 3.95. The Bertz CT molecular complexity index is 358. The number of halogens is 4. The molecule has 0 amide bonds. The van der Waals surface area contributed by atoms with Gasteiger partial charge in [-0.1, -0.05) is 46.4 Å². The van der Waals surface area contributed by atoms with Crippen molar-refractivity contribution in [2.45, 2.75) is 6.92 Å². The van der Waals surface area contributed by atoms with Gasteiger partial charge in [0.15, 0.2) is 0 Å². The number of nitrogens with zero attached hydrogens (tertiary/aromatic N) is 1.